The molecule has 1 aliphatic rings. The molecule has 1 aliphatic heterocycles. The minimum atomic E-state index is -0.849. The zero-order chi connectivity index (χ0) is 15.0. The van der Waals surface area contributed by atoms with E-state index in [1.54, 1.807) is 12.1 Å². The highest BCUT2D eigenvalue weighted by Crippen LogP contribution is 2.24. The molecule has 3 rings (SSSR count). The highest BCUT2D eigenvalue weighted by Gasteiger charge is 2.19. The Morgan fingerprint density at radius 2 is 1.95 bits per heavy atom. The number of benzene rings is 2. The molecule has 21 heavy (non-hydrogen) atoms. The van der Waals surface area contributed by atoms with Crippen molar-refractivity contribution in [3.63, 3.8) is 0 Å². The van der Waals surface area contributed by atoms with Crippen LogP contribution >= 0.6 is 0 Å². The second kappa shape index (κ2) is 4.97. The monoisotopic (exact) mass is 288 g/mol. The number of carbonyl (C=O) groups is 2. The van der Waals surface area contributed by atoms with E-state index in [9.17, 15) is 18.4 Å². The molecule has 0 bridgehead atoms. The number of fused-ring (bicyclic) bond motifs is 1. The number of hydrogen-bond acceptors (Lipinski definition) is 2. The number of carbonyl (C=O) groups excluding carboxylic acids is 2. The van der Waals surface area contributed by atoms with Gasteiger partial charge in [-0.1, -0.05) is 6.07 Å². The van der Waals surface area contributed by atoms with E-state index >= 15 is 0 Å². The summed E-state index contributed by atoms with van der Waals surface area (Å²) in [4.78, 5) is 23.3. The van der Waals surface area contributed by atoms with Gasteiger partial charge in [0, 0.05) is 17.3 Å². The lowest BCUT2D eigenvalue weighted by Crippen LogP contribution is -2.13. The topological polar surface area (TPSA) is 58.2 Å². The molecule has 6 heteroatoms. The van der Waals surface area contributed by atoms with Crippen LogP contribution in [-0.4, -0.2) is 11.8 Å². The Morgan fingerprint density at radius 3 is 2.71 bits per heavy atom. The van der Waals surface area contributed by atoms with Crippen molar-refractivity contribution in [2.24, 2.45) is 0 Å². The van der Waals surface area contributed by atoms with Crippen molar-refractivity contribution in [3.05, 3.63) is 59.2 Å². The third-order valence-electron chi connectivity index (χ3n) is 3.18. The van der Waals surface area contributed by atoms with Gasteiger partial charge in [-0.05, 0) is 29.8 Å². The average molecular weight is 288 g/mol. The van der Waals surface area contributed by atoms with Crippen LogP contribution in [0.2, 0.25) is 0 Å². The normalized spacial score (nSPS) is 12.8. The van der Waals surface area contributed by atoms with E-state index < -0.39 is 17.5 Å². The SMILES string of the molecule is O=C1Cc2ccc(C(=O)Nc3ccc(F)cc3F)cc2N1. The number of anilines is 2. The fourth-order valence-corrected chi connectivity index (χ4v) is 2.14. The van der Waals surface area contributed by atoms with Gasteiger partial charge in [0.2, 0.25) is 5.91 Å². The molecule has 0 fully saturated rings. The van der Waals surface area contributed by atoms with Gasteiger partial charge in [-0.3, -0.25) is 9.59 Å². The van der Waals surface area contributed by atoms with E-state index in [1.165, 1.54) is 6.07 Å². The Kier molecular flexibility index (Phi) is 3.13. The van der Waals surface area contributed by atoms with Crippen molar-refractivity contribution in [1.82, 2.24) is 0 Å². The molecule has 0 atom stereocenters. The molecular weight excluding hydrogens is 278 g/mol. The van der Waals surface area contributed by atoms with Crippen LogP contribution in [0.4, 0.5) is 20.2 Å². The molecule has 2 N–H and O–H groups in total. The van der Waals surface area contributed by atoms with E-state index in [1.807, 2.05) is 0 Å². The van der Waals surface area contributed by atoms with Crippen molar-refractivity contribution < 1.29 is 18.4 Å². The van der Waals surface area contributed by atoms with Crippen LogP contribution in [0.1, 0.15) is 15.9 Å². The average Bonchev–Trinajstić information content (AvgIpc) is 2.80. The van der Waals surface area contributed by atoms with Crippen LogP contribution in [-0.2, 0) is 11.2 Å². The molecule has 106 valence electrons. The summed E-state index contributed by atoms with van der Waals surface area (Å²) in [5.74, 6) is -2.24. The molecule has 0 unspecified atom stereocenters. The first-order chi connectivity index (χ1) is 10.0. The molecule has 1 heterocycles. The molecule has 0 saturated heterocycles. The quantitative estimate of drug-likeness (QED) is 0.892. The lowest BCUT2D eigenvalue weighted by Gasteiger charge is -2.07. The molecule has 0 spiro atoms. The Balaban J connectivity index is 1.83. The zero-order valence-corrected chi connectivity index (χ0v) is 10.7. The van der Waals surface area contributed by atoms with E-state index in [2.05, 4.69) is 10.6 Å². The third kappa shape index (κ3) is 2.60. The molecular formula is C15H10F2N2O2. The number of nitrogens with one attached hydrogen (secondary N) is 2. The summed E-state index contributed by atoms with van der Waals surface area (Å²) in [6, 6.07) is 7.65. The van der Waals surface area contributed by atoms with Crippen LogP contribution in [0.15, 0.2) is 36.4 Å². The number of hydrogen-bond donors (Lipinski definition) is 2. The molecule has 0 aromatic heterocycles. The van der Waals surface area contributed by atoms with Crippen LogP contribution in [0.25, 0.3) is 0 Å². The Labute approximate surface area is 118 Å². The standard InChI is InChI=1S/C15H10F2N2O2/c16-10-3-4-12(11(17)7-10)19-15(21)9-2-1-8-6-14(20)18-13(8)5-9/h1-5,7H,6H2,(H,18,20)(H,19,21). The highest BCUT2D eigenvalue weighted by atomic mass is 19.1. The fourth-order valence-electron chi connectivity index (χ4n) is 2.14. The highest BCUT2D eigenvalue weighted by molar-refractivity contribution is 6.07. The summed E-state index contributed by atoms with van der Waals surface area (Å²) in [6.07, 6.45) is 0.282. The van der Waals surface area contributed by atoms with E-state index in [0.717, 1.165) is 17.7 Å². The van der Waals surface area contributed by atoms with Crippen molar-refractivity contribution in [3.8, 4) is 0 Å². The van der Waals surface area contributed by atoms with Gasteiger partial charge >= 0.3 is 0 Å². The number of amides is 2. The maximum Gasteiger partial charge on any atom is 0.255 e. The molecule has 0 aliphatic carbocycles. The lowest BCUT2D eigenvalue weighted by molar-refractivity contribution is -0.115. The van der Waals surface area contributed by atoms with Crippen molar-refractivity contribution in [1.29, 1.82) is 0 Å². The molecule has 2 amide bonds. The van der Waals surface area contributed by atoms with Gasteiger partial charge in [-0.25, -0.2) is 8.78 Å². The second-order valence-electron chi connectivity index (χ2n) is 4.68. The molecule has 2 aromatic rings. The van der Waals surface area contributed by atoms with Gasteiger partial charge < -0.3 is 10.6 Å². The predicted octanol–water partition coefficient (Wildman–Crippen LogP) is 2.71. The Hall–Kier alpha value is -2.76. The fraction of sp³-hybridized carbons (Fsp3) is 0.0667. The van der Waals surface area contributed by atoms with Crippen LogP contribution in [0.5, 0.6) is 0 Å². The first-order valence-corrected chi connectivity index (χ1v) is 6.22. The van der Waals surface area contributed by atoms with Gasteiger partial charge in [-0.2, -0.15) is 0 Å². The summed E-state index contributed by atoms with van der Waals surface area (Å²) in [7, 11) is 0. The predicted molar refractivity (Wildman–Crippen MR) is 73.1 cm³/mol. The van der Waals surface area contributed by atoms with Gasteiger partial charge in [0.05, 0.1) is 12.1 Å². The molecule has 0 radical (unpaired) electrons. The summed E-state index contributed by atoms with van der Waals surface area (Å²) >= 11 is 0. The number of halogens is 2. The smallest absolute Gasteiger partial charge is 0.255 e. The Bertz CT molecular complexity index is 759. The summed E-state index contributed by atoms with van der Waals surface area (Å²) in [5.41, 5.74) is 1.56. The van der Waals surface area contributed by atoms with Crippen LogP contribution < -0.4 is 10.6 Å². The zero-order valence-electron chi connectivity index (χ0n) is 10.7. The minimum Gasteiger partial charge on any atom is -0.326 e. The second-order valence-corrected chi connectivity index (χ2v) is 4.68. The first kappa shape index (κ1) is 13.2. The summed E-state index contributed by atoms with van der Waals surface area (Å²) in [6.45, 7) is 0. The van der Waals surface area contributed by atoms with E-state index in [4.69, 9.17) is 0 Å². The van der Waals surface area contributed by atoms with Crippen molar-refractivity contribution >= 4 is 23.2 Å². The summed E-state index contributed by atoms with van der Waals surface area (Å²) in [5, 5.41) is 5.00. The third-order valence-corrected chi connectivity index (χ3v) is 3.18. The largest absolute Gasteiger partial charge is 0.326 e. The maximum absolute atomic E-state index is 13.5. The molecule has 2 aromatic carbocycles. The number of rotatable bonds is 2. The molecule has 4 nitrogen and oxygen atoms in total. The van der Waals surface area contributed by atoms with Crippen LogP contribution in [0.3, 0.4) is 0 Å². The summed E-state index contributed by atoms with van der Waals surface area (Å²) < 4.78 is 26.3. The molecule has 0 saturated carbocycles. The minimum absolute atomic E-state index is 0.106. The van der Waals surface area contributed by atoms with Crippen molar-refractivity contribution in [2.75, 3.05) is 10.6 Å². The van der Waals surface area contributed by atoms with E-state index in [0.29, 0.717) is 11.8 Å². The Morgan fingerprint density at radius 1 is 1.14 bits per heavy atom. The van der Waals surface area contributed by atoms with Gasteiger partial charge in [0.25, 0.3) is 5.91 Å². The maximum atomic E-state index is 13.5. The van der Waals surface area contributed by atoms with Gasteiger partial charge in [-0.15, -0.1) is 0 Å². The van der Waals surface area contributed by atoms with Gasteiger partial charge in [0.15, 0.2) is 0 Å². The van der Waals surface area contributed by atoms with E-state index in [-0.39, 0.29) is 23.6 Å². The van der Waals surface area contributed by atoms with Crippen LogP contribution in [0, 0.1) is 11.6 Å². The lowest BCUT2D eigenvalue weighted by atomic mass is 10.1. The first-order valence-electron chi connectivity index (χ1n) is 6.22. The van der Waals surface area contributed by atoms with Gasteiger partial charge in [0.1, 0.15) is 11.6 Å². The van der Waals surface area contributed by atoms with Crippen molar-refractivity contribution in [2.45, 2.75) is 6.42 Å².